The van der Waals surface area contributed by atoms with Crippen LogP contribution in [0.3, 0.4) is 0 Å². The van der Waals surface area contributed by atoms with E-state index in [9.17, 15) is 0 Å². The molecule has 0 aliphatic heterocycles. The smallest absolute Gasteiger partial charge is 0.127 e. The summed E-state index contributed by atoms with van der Waals surface area (Å²) in [7, 11) is 0. The lowest BCUT2D eigenvalue weighted by atomic mass is 9.74. The zero-order valence-electron chi connectivity index (χ0n) is 33.0. The second-order valence-electron chi connectivity index (χ2n) is 15.0. The topological polar surface area (TPSA) is 46.2 Å². The van der Waals surface area contributed by atoms with Gasteiger partial charge in [-0.25, -0.2) is 0 Å². The fraction of sp³-hybridized carbons (Fsp3) is 0.280. The highest BCUT2D eigenvalue weighted by molar-refractivity contribution is 5.39. The average Bonchev–Trinajstić information content (AvgIpc) is 3.19. The Morgan fingerprint density at radius 3 is 1.13 bits per heavy atom. The first kappa shape index (κ1) is 39.2. The molecule has 0 radical (unpaired) electrons. The average molecular weight is 735 g/mol. The molecule has 0 amide bonds. The van der Waals surface area contributed by atoms with Crippen LogP contribution in [0, 0.1) is 0 Å². The number of hydrogen-bond donors (Lipinski definition) is 0. The van der Waals surface area contributed by atoms with E-state index in [4.69, 9.17) is 23.7 Å². The molecule has 6 aromatic carbocycles. The third-order valence-corrected chi connectivity index (χ3v) is 10.4. The lowest BCUT2D eigenvalue weighted by Crippen LogP contribution is -2.46. The number of benzene rings is 6. The predicted molar refractivity (Wildman–Crippen MR) is 223 cm³/mol. The molecule has 2 atom stereocenters. The first-order chi connectivity index (χ1) is 26.6. The second-order valence-corrected chi connectivity index (χ2v) is 15.0. The minimum atomic E-state index is -0.396. The van der Waals surface area contributed by atoms with Crippen molar-refractivity contribution in [3.05, 3.63) is 180 Å². The van der Waals surface area contributed by atoms with Crippen LogP contribution < -0.4 is 18.9 Å². The Hall–Kier alpha value is -5.52. The highest BCUT2D eigenvalue weighted by Crippen LogP contribution is 2.39. The van der Waals surface area contributed by atoms with Crippen LogP contribution >= 0.6 is 0 Å². The lowest BCUT2D eigenvalue weighted by molar-refractivity contribution is -0.0753. The Morgan fingerprint density at radius 2 is 0.764 bits per heavy atom. The van der Waals surface area contributed by atoms with Crippen molar-refractivity contribution in [1.82, 2.24) is 0 Å². The Bertz CT molecular complexity index is 1900. The fourth-order valence-electron chi connectivity index (χ4n) is 6.96. The van der Waals surface area contributed by atoms with Crippen LogP contribution in [0.4, 0.5) is 0 Å². The van der Waals surface area contributed by atoms with Gasteiger partial charge in [-0.1, -0.05) is 113 Å². The van der Waals surface area contributed by atoms with Crippen LogP contribution in [0.25, 0.3) is 0 Å². The van der Waals surface area contributed by atoms with Gasteiger partial charge < -0.3 is 23.7 Å². The summed E-state index contributed by atoms with van der Waals surface area (Å²) in [6, 6.07) is 53.5. The Labute approximate surface area is 327 Å². The molecule has 0 saturated carbocycles. The van der Waals surface area contributed by atoms with E-state index < -0.39 is 10.8 Å². The third-order valence-electron chi connectivity index (χ3n) is 10.4. The summed E-state index contributed by atoms with van der Waals surface area (Å²) >= 11 is 0. The maximum Gasteiger partial charge on any atom is 0.127 e. The summed E-state index contributed by atoms with van der Waals surface area (Å²) < 4.78 is 31.8. The zero-order chi connectivity index (χ0) is 38.7. The van der Waals surface area contributed by atoms with Gasteiger partial charge >= 0.3 is 0 Å². The molecule has 0 aromatic heterocycles. The van der Waals surface area contributed by atoms with Crippen molar-refractivity contribution in [3.8, 4) is 34.5 Å². The third kappa shape index (κ3) is 10.4. The molecule has 6 aromatic rings. The molecule has 0 spiro atoms. The van der Waals surface area contributed by atoms with Crippen LogP contribution in [0.2, 0.25) is 0 Å². The highest BCUT2D eigenvalue weighted by Gasteiger charge is 2.40. The summed E-state index contributed by atoms with van der Waals surface area (Å²) in [5, 5.41) is 0. The molecule has 0 fully saturated rings. The van der Waals surface area contributed by atoms with Gasteiger partial charge in [0.25, 0.3) is 0 Å². The van der Waals surface area contributed by atoms with Gasteiger partial charge in [-0.15, -0.1) is 0 Å². The molecule has 0 N–H and O–H groups in total. The molecular formula is C50H54O5. The van der Waals surface area contributed by atoms with Crippen LogP contribution in [-0.4, -0.2) is 25.4 Å². The van der Waals surface area contributed by atoms with Crippen LogP contribution in [-0.2, 0) is 28.4 Å². The quantitative estimate of drug-likeness (QED) is 0.0880. The van der Waals surface area contributed by atoms with Crippen molar-refractivity contribution in [2.75, 3.05) is 13.2 Å². The van der Waals surface area contributed by atoms with Gasteiger partial charge in [-0.2, -0.15) is 0 Å². The molecule has 0 heterocycles. The van der Waals surface area contributed by atoms with Gasteiger partial charge in [-0.05, 0) is 122 Å². The van der Waals surface area contributed by atoms with Crippen molar-refractivity contribution in [2.24, 2.45) is 0 Å². The van der Waals surface area contributed by atoms with Crippen LogP contribution in [0.5, 0.6) is 34.5 Å². The number of hydrogen-bond acceptors (Lipinski definition) is 5. The molecule has 0 bridgehead atoms. The normalized spacial score (nSPS) is 12.8. The monoisotopic (exact) mass is 734 g/mol. The SMILES string of the molecule is CCOc1ccc(C(C)(C)C(Cc2cccc(Oc3ccccc3)c2)OC(Cc2cccc(Oc3ccccc3)c2)C(C)(C)c2ccc(OCC)cc2)cc1. The van der Waals surface area contributed by atoms with Crippen molar-refractivity contribution >= 4 is 0 Å². The van der Waals surface area contributed by atoms with Gasteiger partial charge in [0, 0.05) is 10.8 Å². The highest BCUT2D eigenvalue weighted by atomic mass is 16.5. The summed E-state index contributed by atoms with van der Waals surface area (Å²) in [6.45, 7) is 14.4. The van der Waals surface area contributed by atoms with Gasteiger partial charge in [0.15, 0.2) is 0 Å². The summed E-state index contributed by atoms with van der Waals surface area (Å²) in [5.74, 6) is 4.91. The van der Waals surface area contributed by atoms with E-state index >= 15 is 0 Å². The van der Waals surface area contributed by atoms with Crippen molar-refractivity contribution < 1.29 is 23.7 Å². The Kier molecular flexibility index (Phi) is 13.0. The van der Waals surface area contributed by atoms with E-state index in [-0.39, 0.29) is 12.2 Å². The van der Waals surface area contributed by atoms with Crippen LogP contribution in [0.15, 0.2) is 158 Å². The van der Waals surface area contributed by atoms with E-state index in [2.05, 4.69) is 113 Å². The van der Waals surface area contributed by atoms with Gasteiger partial charge in [0.1, 0.15) is 34.5 Å². The van der Waals surface area contributed by atoms with E-state index in [0.29, 0.717) is 26.1 Å². The number of ether oxygens (including phenoxy) is 5. The molecule has 0 aliphatic carbocycles. The zero-order valence-corrected chi connectivity index (χ0v) is 33.0. The first-order valence-electron chi connectivity index (χ1n) is 19.4. The van der Waals surface area contributed by atoms with Gasteiger partial charge in [0.2, 0.25) is 0 Å². The summed E-state index contributed by atoms with van der Waals surface area (Å²) in [6.07, 6.45) is 0.875. The minimum absolute atomic E-state index is 0.229. The van der Waals surface area contributed by atoms with Gasteiger partial charge in [-0.3, -0.25) is 0 Å². The molecule has 5 nitrogen and oxygen atoms in total. The van der Waals surface area contributed by atoms with Crippen molar-refractivity contribution in [2.45, 2.75) is 77.4 Å². The predicted octanol–water partition coefficient (Wildman–Crippen LogP) is 12.6. The standard InChI is InChI=1S/C50H54O5/c1-7-51-41-29-25-39(26-30-41)49(3,4)47(35-37-17-15-23-45(33-37)53-43-19-11-9-12-20-43)55-48(50(5,6)40-27-31-42(32-28-40)52-8-2)36-38-18-16-24-46(34-38)54-44-21-13-10-14-22-44/h9-34,47-48H,7-8,35-36H2,1-6H3. The minimum Gasteiger partial charge on any atom is -0.494 e. The second kappa shape index (κ2) is 18.2. The fourth-order valence-corrected chi connectivity index (χ4v) is 6.96. The first-order valence-corrected chi connectivity index (χ1v) is 19.4. The molecule has 2 unspecified atom stereocenters. The number of para-hydroxylation sites is 2. The lowest BCUT2D eigenvalue weighted by Gasteiger charge is -2.43. The largest absolute Gasteiger partial charge is 0.494 e. The van der Waals surface area contributed by atoms with Crippen molar-refractivity contribution in [3.63, 3.8) is 0 Å². The molecule has 5 heteroatoms. The van der Waals surface area contributed by atoms with Crippen LogP contribution in [0.1, 0.15) is 63.8 Å². The molecule has 6 rings (SSSR count). The maximum atomic E-state index is 7.62. The molecule has 55 heavy (non-hydrogen) atoms. The molecule has 284 valence electrons. The Morgan fingerprint density at radius 1 is 0.400 bits per heavy atom. The Balaban J connectivity index is 1.38. The van der Waals surface area contributed by atoms with Gasteiger partial charge in [0.05, 0.1) is 25.4 Å². The molecular weight excluding hydrogens is 681 g/mol. The molecule has 0 aliphatic rings. The van der Waals surface area contributed by atoms with E-state index in [1.54, 1.807) is 0 Å². The van der Waals surface area contributed by atoms with E-state index in [0.717, 1.165) is 45.6 Å². The maximum absolute atomic E-state index is 7.62. The van der Waals surface area contributed by atoms with E-state index in [1.165, 1.54) is 11.1 Å². The summed E-state index contributed by atoms with van der Waals surface area (Å²) in [5.41, 5.74) is 3.82. The van der Waals surface area contributed by atoms with E-state index in [1.807, 2.05) is 86.6 Å². The summed E-state index contributed by atoms with van der Waals surface area (Å²) in [4.78, 5) is 0. The molecule has 0 saturated heterocycles. The van der Waals surface area contributed by atoms with Crippen molar-refractivity contribution in [1.29, 1.82) is 0 Å². The number of rotatable bonds is 18.